The highest BCUT2D eigenvalue weighted by molar-refractivity contribution is 6.27. The van der Waals surface area contributed by atoms with E-state index in [0.29, 0.717) is 36.0 Å². The number of carbonyl (C=O) groups is 3. The number of phenols is 1. The van der Waals surface area contributed by atoms with E-state index in [1.54, 1.807) is 13.8 Å². The molecule has 1 saturated heterocycles. The van der Waals surface area contributed by atoms with Crippen LogP contribution in [-0.4, -0.2) is 52.4 Å². The number of aromatic hydroxyl groups is 1. The largest absolute Gasteiger partial charge is 0.508 e. The van der Waals surface area contributed by atoms with Crippen molar-refractivity contribution in [3.8, 4) is 5.75 Å². The van der Waals surface area contributed by atoms with Gasteiger partial charge in [-0.2, -0.15) is 0 Å². The number of ketones is 2. The lowest BCUT2D eigenvalue weighted by atomic mass is 9.61. The van der Waals surface area contributed by atoms with Crippen LogP contribution < -0.4 is 0 Å². The third kappa shape index (κ3) is 3.32. The van der Waals surface area contributed by atoms with Crippen molar-refractivity contribution in [1.82, 2.24) is 0 Å². The van der Waals surface area contributed by atoms with Crippen LogP contribution in [0, 0.1) is 29.6 Å². The first-order valence-electron chi connectivity index (χ1n) is 13.7. The number of benzene rings is 1. The fourth-order valence-electron chi connectivity index (χ4n) is 7.76. The van der Waals surface area contributed by atoms with Crippen LogP contribution in [0.25, 0.3) is 0 Å². The fourth-order valence-corrected chi connectivity index (χ4v) is 7.76. The van der Waals surface area contributed by atoms with E-state index in [2.05, 4.69) is 0 Å². The first kappa shape index (κ1) is 25.6. The van der Waals surface area contributed by atoms with E-state index in [-0.39, 0.29) is 82.5 Å². The molecule has 1 saturated carbocycles. The number of carbonyl (C=O) groups excluding carboxylic acids is 3. The Labute approximate surface area is 222 Å². The molecule has 8 nitrogen and oxygen atoms in total. The molecule has 1 aromatic carbocycles. The maximum atomic E-state index is 14.1. The Bertz CT molecular complexity index is 1310. The predicted octanol–water partition coefficient (Wildman–Crippen LogP) is 3.84. The number of Topliss-reactive ketones (excluding diaryl/α,β-unsaturated/α-hetero) is 2. The lowest BCUT2D eigenvalue weighted by Gasteiger charge is -2.51. The van der Waals surface area contributed by atoms with E-state index in [1.165, 1.54) is 6.07 Å². The molecule has 5 aliphatic rings. The second kappa shape index (κ2) is 8.15. The molecule has 38 heavy (non-hydrogen) atoms. The summed E-state index contributed by atoms with van der Waals surface area (Å²) < 4.78 is 17.7. The summed E-state index contributed by atoms with van der Waals surface area (Å²) in [6.07, 6.45) is 0.162. The monoisotopic (exact) mass is 524 g/mol. The normalized spacial score (nSPS) is 36.7. The minimum absolute atomic E-state index is 0.000124. The summed E-state index contributed by atoms with van der Waals surface area (Å²) in [7, 11) is 0. The molecule has 1 aromatic rings. The standard InChI is InChI=1S/C30H36O8/c1-12(2)27(34)37-20-10-17-14(7-13(20)3)22-24(32)16-9-19(31)23-15(8-18-28(35)36-11-30(18,23)6)21(16)25(33)26(22)38-29(17,4)5/h9,12-14,17-18,20,28,31,35H,7-8,10-11H2,1-6H3/t13-,14-,17+,18-,20+,28+,30+/m1/s1. The maximum Gasteiger partial charge on any atom is 0.308 e. The molecule has 2 aliphatic heterocycles. The molecule has 0 aromatic heterocycles. The van der Waals surface area contributed by atoms with Crippen LogP contribution in [-0.2, 0) is 30.8 Å². The number of allylic oxidation sites excluding steroid dienone is 2. The van der Waals surface area contributed by atoms with Crippen LogP contribution in [0.3, 0.4) is 0 Å². The van der Waals surface area contributed by atoms with Crippen molar-refractivity contribution in [3.05, 3.63) is 39.7 Å². The summed E-state index contributed by atoms with van der Waals surface area (Å²) in [5.74, 6) is -1.72. The molecule has 2 heterocycles. The first-order valence-corrected chi connectivity index (χ1v) is 13.7. The van der Waals surface area contributed by atoms with Gasteiger partial charge < -0.3 is 24.4 Å². The van der Waals surface area contributed by atoms with E-state index >= 15 is 0 Å². The predicted molar refractivity (Wildman–Crippen MR) is 136 cm³/mol. The molecule has 2 N–H and O–H groups in total. The zero-order valence-corrected chi connectivity index (χ0v) is 22.8. The van der Waals surface area contributed by atoms with Crippen molar-refractivity contribution in [2.45, 2.75) is 84.2 Å². The third-order valence-electron chi connectivity index (χ3n) is 9.89. The molecule has 0 radical (unpaired) electrons. The van der Waals surface area contributed by atoms with Crippen LogP contribution >= 0.6 is 0 Å². The van der Waals surface area contributed by atoms with Crippen molar-refractivity contribution >= 4 is 17.5 Å². The highest BCUT2D eigenvalue weighted by Crippen LogP contribution is 2.57. The quantitative estimate of drug-likeness (QED) is 0.560. The van der Waals surface area contributed by atoms with E-state index in [1.807, 2.05) is 27.7 Å². The molecule has 3 aliphatic carbocycles. The highest BCUT2D eigenvalue weighted by atomic mass is 16.6. The van der Waals surface area contributed by atoms with E-state index in [9.17, 15) is 24.6 Å². The number of esters is 1. The van der Waals surface area contributed by atoms with Crippen molar-refractivity contribution < 1.29 is 38.8 Å². The van der Waals surface area contributed by atoms with Gasteiger partial charge in [0.2, 0.25) is 5.78 Å². The number of fused-ring (bicyclic) bond motifs is 7. The van der Waals surface area contributed by atoms with Crippen molar-refractivity contribution in [2.75, 3.05) is 6.61 Å². The number of aliphatic hydroxyl groups is 1. The number of hydrogen-bond donors (Lipinski definition) is 2. The Morgan fingerprint density at radius 3 is 2.53 bits per heavy atom. The molecule has 0 spiro atoms. The van der Waals surface area contributed by atoms with E-state index in [0.717, 1.165) is 0 Å². The van der Waals surface area contributed by atoms with E-state index < -0.39 is 17.3 Å². The van der Waals surface area contributed by atoms with Gasteiger partial charge in [-0.3, -0.25) is 14.4 Å². The van der Waals surface area contributed by atoms with Crippen molar-refractivity contribution in [3.63, 3.8) is 0 Å². The molecule has 0 bridgehead atoms. The molecule has 0 unspecified atom stereocenters. The number of ether oxygens (including phenoxy) is 3. The molecule has 8 heteroatoms. The van der Waals surface area contributed by atoms with Gasteiger partial charge in [0.1, 0.15) is 17.5 Å². The summed E-state index contributed by atoms with van der Waals surface area (Å²) in [6, 6.07) is 1.42. The van der Waals surface area contributed by atoms with Crippen LogP contribution in [0.1, 0.15) is 86.2 Å². The molecule has 204 valence electrons. The first-order chi connectivity index (χ1) is 17.8. The Morgan fingerprint density at radius 1 is 1.13 bits per heavy atom. The Morgan fingerprint density at radius 2 is 1.84 bits per heavy atom. The summed E-state index contributed by atoms with van der Waals surface area (Å²) in [5, 5.41) is 21.6. The third-order valence-corrected chi connectivity index (χ3v) is 9.89. The molecule has 6 rings (SSSR count). The minimum atomic E-state index is -1.00. The number of phenolic OH excluding ortho intramolecular Hbond substituents is 1. The zero-order valence-electron chi connectivity index (χ0n) is 22.8. The second-order valence-corrected chi connectivity index (χ2v) is 13.0. The molecule has 2 fully saturated rings. The molecular weight excluding hydrogens is 488 g/mol. The van der Waals surface area contributed by atoms with Gasteiger partial charge in [0.05, 0.1) is 12.5 Å². The van der Waals surface area contributed by atoms with Gasteiger partial charge in [-0.05, 0) is 56.6 Å². The average molecular weight is 525 g/mol. The Balaban J connectivity index is 1.42. The maximum absolute atomic E-state index is 14.1. The fraction of sp³-hybridized carbons (Fsp3) is 0.633. The van der Waals surface area contributed by atoms with Gasteiger partial charge >= 0.3 is 5.97 Å². The van der Waals surface area contributed by atoms with Gasteiger partial charge in [-0.15, -0.1) is 0 Å². The summed E-state index contributed by atoms with van der Waals surface area (Å²) >= 11 is 0. The van der Waals surface area contributed by atoms with Gasteiger partial charge in [0.25, 0.3) is 0 Å². The minimum Gasteiger partial charge on any atom is -0.508 e. The number of aliphatic hydroxyl groups excluding tert-OH is 1. The van der Waals surface area contributed by atoms with Gasteiger partial charge in [0, 0.05) is 39.5 Å². The lowest BCUT2D eigenvalue weighted by Crippen LogP contribution is -2.53. The van der Waals surface area contributed by atoms with Gasteiger partial charge in [0.15, 0.2) is 17.8 Å². The van der Waals surface area contributed by atoms with Gasteiger partial charge in [-0.25, -0.2) is 0 Å². The smallest absolute Gasteiger partial charge is 0.308 e. The second-order valence-electron chi connectivity index (χ2n) is 13.0. The topological polar surface area (TPSA) is 119 Å². The van der Waals surface area contributed by atoms with Crippen LogP contribution in [0.4, 0.5) is 0 Å². The average Bonchev–Trinajstić information content (AvgIpc) is 3.29. The zero-order chi connectivity index (χ0) is 27.5. The molecule has 7 atom stereocenters. The SMILES string of the molecule is CC(C)C(=O)O[C@H]1C[C@H]2[C@@H](C[C@H]1C)C1=C(OC2(C)C)C(=O)c2c(cc(O)c3c2C[C@@H]2[C@@H](O)OC[C@]32C)C1=O. The summed E-state index contributed by atoms with van der Waals surface area (Å²) in [6.45, 7) is 11.6. The Kier molecular flexibility index (Phi) is 5.48. The molecular formula is C30H36O8. The number of rotatable bonds is 2. The van der Waals surface area contributed by atoms with Crippen LogP contribution in [0.2, 0.25) is 0 Å². The van der Waals surface area contributed by atoms with Crippen LogP contribution in [0.5, 0.6) is 5.75 Å². The van der Waals surface area contributed by atoms with Gasteiger partial charge in [-0.1, -0.05) is 27.7 Å². The van der Waals surface area contributed by atoms with Crippen LogP contribution in [0.15, 0.2) is 17.4 Å². The summed E-state index contributed by atoms with van der Waals surface area (Å²) in [4.78, 5) is 40.6. The molecule has 0 amide bonds. The lowest BCUT2D eigenvalue weighted by molar-refractivity contribution is -0.164. The summed E-state index contributed by atoms with van der Waals surface area (Å²) in [5.41, 5.74) is 0.646. The highest BCUT2D eigenvalue weighted by Gasteiger charge is 2.58. The number of hydrogen-bond acceptors (Lipinski definition) is 8. The van der Waals surface area contributed by atoms with E-state index in [4.69, 9.17) is 14.2 Å². The van der Waals surface area contributed by atoms with Crippen molar-refractivity contribution in [2.24, 2.45) is 29.6 Å². The van der Waals surface area contributed by atoms with Crippen molar-refractivity contribution in [1.29, 1.82) is 0 Å². The Hall–Kier alpha value is -2.71.